The van der Waals surface area contributed by atoms with Crippen molar-refractivity contribution in [3.63, 3.8) is 0 Å². The standard InChI is InChI=1S/C15H19FN2O3/c1-10-5-12(16)8-13(6-10)17-15(21)18-4-2-3-11(9-18)7-14(19)20/h5-6,8,11H,2-4,7,9H2,1H3,(H,17,21)(H,19,20). The largest absolute Gasteiger partial charge is 0.481 e. The van der Waals surface area contributed by atoms with Crippen LogP contribution in [0.2, 0.25) is 0 Å². The van der Waals surface area contributed by atoms with Crippen LogP contribution >= 0.6 is 0 Å². The van der Waals surface area contributed by atoms with Gasteiger partial charge in [-0.3, -0.25) is 4.79 Å². The molecule has 0 saturated carbocycles. The van der Waals surface area contributed by atoms with E-state index in [1.165, 1.54) is 12.1 Å². The number of nitrogens with one attached hydrogen (secondary N) is 1. The number of hydrogen-bond acceptors (Lipinski definition) is 2. The summed E-state index contributed by atoms with van der Waals surface area (Å²) in [6, 6.07) is 4.04. The minimum absolute atomic E-state index is 0.0174. The van der Waals surface area contributed by atoms with Crippen molar-refractivity contribution in [1.29, 1.82) is 0 Å². The molecular formula is C15H19FN2O3. The van der Waals surface area contributed by atoms with E-state index in [1.807, 2.05) is 0 Å². The molecule has 0 aromatic heterocycles. The normalized spacial score (nSPS) is 18.4. The molecule has 1 saturated heterocycles. The molecule has 1 atom stereocenters. The number of nitrogens with zero attached hydrogens (tertiary/aromatic N) is 1. The second-order valence-corrected chi connectivity index (χ2v) is 5.50. The van der Waals surface area contributed by atoms with Gasteiger partial charge in [-0.25, -0.2) is 9.18 Å². The van der Waals surface area contributed by atoms with Gasteiger partial charge in [0.25, 0.3) is 0 Å². The summed E-state index contributed by atoms with van der Waals surface area (Å²) >= 11 is 0. The second-order valence-electron chi connectivity index (χ2n) is 5.50. The maximum Gasteiger partial charge on any atom is 0.321 e. The molecule has 2 amide bonds. The topological polar surface area (TPSA) is 69.6 Å². The maximum absolute atomic E-state index is 13.3. The molecule has 114 valence electrons. The van der Waals surface area contributed by atoms with Crippen LogP contribution in [0, 0.1) is 18.7 Å². The number of rotatable bonds is 3. The minimum atomic E-state index is -0.844. The average molecular weight is 294 g/mol. The number of aliphatic carboxylic acids is 1. The Kier molecular flexibility index (Phi) is 4.77. The SMILES string of the molecule is Cc1cc(F)cc(NC(=O)N2CCCC(CC(=O)O)C2)c1. The van der Waals surface area contributed by atoms with Crippen LogP contribution in [-0.2, 0) is 4.79 Å². The quantitative estimate of drug-likeness (QED) is 0.900. The number of carbonyl (C=O) groups excluding carboxylic acids is 1. The van der Waals surface area contributed by atoms with Gasteiger partial charge in [0.1, 0.15) is 5.82 Å². The fraction of sp³-hybridized carbons (Fsp3) is 0.467. The van der Waals surface area contributed by atoms with Gasteiger partial charge in [0.2, 0.25) is 0 Å². The van der Waals surface area contributed by atoms with Crippen molar-refractivity contribution in [1.82, 2.24) is 4.90 Å². The van der Waals surface area contributed by atoms with E-state index >= 15 is 0 Å². The van der Waals surface area contributed by atoms with Crippen molar-refractivity contribution in [3.8, 4) is 0 Å². The highest BCUT2D eigenvalue weighted by molar-refractivity contribution is 5.89. The van der Waals surface area contributed by atoms with Crippen molar-refractivity contribution in [2.24, 2.45) is 5.92 Å². The Labute approximate surface area is 122 Å². The molecule has 1 aromatic carbocycles. The zero-order valence-electron chi connectivity index (χ0n) is 11.9. The first-order valence-corrected chi connectivity index (χ1v) is 6.99. The van der Waals surface area contributed by atoms with Crippen molar-refractivity contribution in [2.45, 2.75) is 26.2 Å². The lowest BCUT2D eigenvalue weighted by Gasteiger charge is -2.32. The Morgan fingerprint density at radius 2 is 2.19 bits per heavy atom. The highest BCUT2D eigenvalue weighted by Gasteiger charge is 2.25. The fourth-order valence-electron chi connectivity index (χ4n) is 2.67. The van der Waals surface area contributed by atoms with Gasteiger partial charge in [-0.2, -0.15) is 0 Å². The molecule has 5 nitrogen and oxygen atoms in total. The molecule has 1 aliphatic rings. The summed E-state index contributed by atoms with van der Waals surface area (Å²) in [7, 11) is 0. The summed E-state index contributed by atoms with van der Waals surface area (Å²) < 4.78 is 13.3. The molecule has 0 aliphatic carbocycles. The number of aryl methyl sites for hydroxylation is 1. The van der Waals surface area contributed by atoms with Gasteiger partial charge < -0.3 is 15.3 Å². The van der Waals surface area contributed by atoms with Gasteiger partial charge in [0.05, 0.1) is 0 Å². The number of carboxylic acids is 1. The molecule has 21 heavy (non-hydrogen) atoms. The van der Waals surface area contributed by atoms with Crippen molar-refractivity contribution >= 4 is 17.7 Å². The number of amides is 2. The van der Waals surface area contributed by atoms with Gasteiger partial charge >= 0.3 is 12.0 Å². The number of benzene rings is 1. The van der Waals surface area contributed by atoms with Crippen LogP contribution < -0.4 is 5.32 Å². The third kappa shape index (κ3) is 4.44. The Bertz CT molecular complexity index is 527. The van der Waals surface area contributed by atoms with Gasteiger partial charge in [-0.15, -0.1) is 0 Å². The molecular weight excluding hydrogens is 275 g/mol. The van der Waals surface area contributed by atoms with Crippen molar-refractivity contribution in [2.75, 3.05) is 18.4 Å². The highest BCUT2D eigenvalue weighted by Crippen LogP contribution is 2.21. The second kappa shape index (κ2) is 6.56. The van der Waals surface area contributed by atoms with Crippen molar-refractivity contribution < 1.29 is 19.1 Å². The van der Waals surface area contributed by atoms with E-state index in [0.717, 1.165) is 18.4 Å². The van der Waals surface area contributed by atoms with Crippen LogP contribution in [0.3, 0.4) is 0 Å². The summed E-state index contributed by atoms with van der Waals surface area (Å²) in [6.07, 6.45) is 1.67. The zero-order chi connectivity index (χ0) is 15.4. The lowest BCUT2D eigenvalue weighted by molar-refractivity contribution is -0.138. The number of carboxylic acid groups (broad SMARTS) is 1. The van der Waals surface area contributed by atoms with E-state index in [2.05, 4.69) is 5.32 Å². The van der Waals surface area contributed by atoms with Crippen LogP contribution in [-0.4, -0.2) is 35.1 Å². The maximum atomic E-state index is 13.3. The van der Waals surface area contributed by atoms with Crippen LogP contribution in [0.25, 0.3) is 0 Å². The highest BCUT2D eigenvalue weighted by atomic mass is 19.1. The fourth-order valence-corrected chi connectivity index (χ4v) is 2.67. The Morgan fingerprint density at radius 3 is 2.86 bits per heavy atom. The third-order valence-electron chi connectivity index (χ3n) is 3.56. The number of hydrogen-bond donors (Lipinski definition) is 2. The van der Waals surface area contributed by atoms with E-state index in [-0.39, 0.29) is 18.4 Å². The van der Waals surface area contributed by atoms with Crippen LogP contribution in [0.1, 0.15) is 24.8 Å². The lowest BCUT2D eigenvalue weighted by Crippen LogP contribution is -2.42. The zero-order valence-corrected chi connectivity index (χ0v) is 11.9. The molecule has 1 heterocycles. The molecule has 1 unspecified atom stereocenters. The third-order valence-corrected chi connectivity index (χ3v) is 3.56. The number of halogens is 1. The van der Waals surface area contributed by atoms with Crippen LogP contribution in [0.15, 0.2) is 18.2 Å². The first kappa shape index (κ1) is 15.3. The van der Waals surface area contributed by atoms with Crippen LogP contribution in [0.5, 0.6) is 0 Å². The Balaban J connectivity index is 1.97. The number of likely N-dealkylation sites (tertiary alicyclic amines) is 1. The van der Waals surface area contributed by atoms with E-state index < -0.39 is 11.8 Å². The van der Waals surface area contributed by atoms with E-state index in [1.54, 1.807) is 17.9 Å². The van der Waals surface area contributed by atoms with Crippen LogP contribution in [0.4, 0.5) is 14.9 Å². The predicted octanol–water partition coefficient (Wildman–Crippen LogP) is 2.85. The first-order valence-electron chi connectivity index (χ1n) is 6.99. The molecule has 0 bridgehead atoms. The van der Waals surface area contributed by atoms with E-state index in [9.17, 15) is 14.0 Å². The number of carbonyl (C=O) groups is 2. The lowest BCUT2D eigenvalue weighted by atomic mass is 9.95. The molecule has 1 aliphatic heterocycles. The van der Waals surface area contributed by atoms with Gasteiger partial charge in [-0.1, -0.05) is 0 Å². The van der Waals surface area contributed by atoms with E-state index in [0.29, 0.717) is 18.8 Å². The van der Waals surface area contributed by atoms with E-state index in [4.69, 9.17) is 5.11 Å². The smallest absolute Gasteiger partial charge is 0.321 e. The molecule has 6 heteroatoms. The molecule has 1 aromatic rings. The molecule has 2 N–H and O–H groups in total. The molecule has 2 rings (SSSR count). The summed E-state index contributed by atoms with van der Waals surface area (Å²) in [5.41, 5.74) is 1.14. The number of urea groups is 1. The number of piperidine rings is 1. The van der Waals surface area contributed by atoms with Gasteiger partial charge in [0.15, 0.2) is 0 Å². The summed E-state index contributed by atoms with van der Waals surface area (Å²) in [5.74, 6) is -1.26. The predicted molar refractivity (Wildman–Crippen MR) is 76.7 cm³/mol. The monoisotopic (exact) mass is 294 g/mol. The Hall–Kier alpha value is -2.11. The summed E-state index contributed by atoms with van der Waals surface area (Å²) in [5, 5.41) is 11.5. The van der Waals surface area contributed by atoms with Crippen molar-refractivity contribution in [3.05, 3.63) is 29.6 Å². The first-order chi connectivity index (χ1) is 9.94. The summed E-state index contributed by atoms with van der Waals surface area (Å²) in [4.78, 5) is 24.5. The number of anilines is 1. The average Bonchev–Trinajstić information content (AvgIpc) is 2.36. The Morgan fingerprint density at radius 1 is 1.43 bits per heavy atom. The molecule has 0 radical (unpaired) electrons. The van der Waals surface area contributed by atoms with Gasteiger partial charge in [-0.05, 0) is 49.4 Å². The minimum Gasteiger partial charge on any atom is -0.481 e. The molecule has 0 spiro atoms. The summed E-state index contributed by atoms with van der Waals surface area (Å²) in [6.45, 7) is 2.77. The van der Waals surface area contributed by atoms with Gasteiger partial charge in [0, 0.05) is 25.2 Å². The molecule has 1 fully saturated rings.